The van der Waals surface area contributed by atoms with Gasteiger partial charge in [-0.15, -0.1) is 5.10 Å². The van der Waals surface area contributed by atoms with Crippen LogP contribution in [0.4, 0.5) is 20.5 Å². The standard InChI is InChI=1S/C25H24F2N6O2/c1-2-35-24(34)16-11-13-32(14-12-16)25-29-21(15-3-5-17(26)6-4-15)20-22(28)33(31-23(20)30-25)19-9-7-18(27)8-10-19/h3-10,16H,2,11-14,28H2,1H3. The highest BCUT2D eigenvalue weighted by molar-refractivity contribution is 5.99. The van der Waals surface area contributed by atoms with Crippen LogP contribution in [0.5, 0.6) is 0 Å². The molecule has 1 saturated heterocycles. The van der Waals surface area contributed by atoms with Crippen molar-refractivity contribution in [3.05, 3.63) is 60.2 Å². The van der Waals surface area contributed by atoms with Gasteiger partial charge in [-0.3, -0.25) is 4.79 Å². The van der Waals surface area contributed by atoms with Gasteiger partial charge in [0.2, 0.25) is 5.95 Å². The normalized spacial score (nSPS) is 14.4. The van der Waals surface area contributed by atoms with Gasteiger partial charge in [0.05, 0.1) is 29.3 Å². The Labute approximate surface area is 200 Å². The Morgan fingerprint density at radius 1 is 1.03 bits per heavy atom. The molecule has 0 aliphatic carbocycles. The summed E-state index contributed by atoms with van der Waals surface area (Å²) in [6, 6.07) is 11.8. The highest BCUT2D eigenvalue weighted by atomic mass is 19.1. The molecule has 0 amide bonds. The average Bonchev–Trinajstić information content (AvgIpc) is 3.21. The minimum absolute atomic E-state index is 0.153. The van der Waals surface area contributed by atoms with Crippen LogP contribution in [-0.4, -0.2) is 45.4 Å². The summed E-state index contributed by atoms with van der Waals surface area (Å²) >= 11 is 0. The number of carbonyl (C=O) groups is 1. The van der Waals surface area contributed by atoms with Crippen molar-refractivity contribution < 1.29 is 18.3 Å². The molecule has 2 aromatic carbocycles. The molecular formula is C25H24F2N6O2. The summed E-state index contributed by atoms with van der Waals surface area (Å²) < 4.78 is 33.7. The van der Waals surface area contributed by atoms with Gasteiger partial charge < -0.3 is 15.4 Å². The van der Waals surface area contributed by atoms with Gasteiger partial charge in [0.1, 0.15) is 17.5 Å². The van der Waals surface area contributed by atoms with E-state index in [4.69, 9.17) is 15.5 Å². The molecule has 1 fully saturated rings. The zero-order chi connectivity index (χ0) is 24.5. The first-order valence-electron chi connectivity index (χ1n) is 11.4. The summed E-state index contributed by atoms with van der Waals surface area (Å²) in [5, 5.41) is 5.10. The summed E-state index contributed by atoms with van der Waals surface area (Å²) in [6.07, 6.45) is 1.25. The molecule has 4 aromatic rings. The number of nitrogen functional groups attached to an aromatic ring is 1. The lowest BCUT2D eigenvalue weighted by Crippen LogP contribution is -2.38. The molecule has 0 saturated carbocycles. The molecule has 2 N–H and O–H groups in total. The molecule has 180 valence electrons. The van der Waals surface area contributed by atoms with Crippen molar-refractivity contribution in [1.82, 2.24) is 19.7 Å². The number of esters is 1. The molecule has 1 aliphatic heterocycles. The fraction of sp³-hybridized carbons (Fsp3) is 0.280. The van der Waals surface area contributed by atoms with E-state index in [9.17, 15) is 13.6 Å². The van der Waals surface area contributed by atoms with Gasteiger partial charge in [0, 0.05) is 18.7 Å². The molecule has 0 radical (unpaired) electrons. The van der Waals surface area contributed by atoms with Crippen LogP contribution in [0, 0.1) is 17.6 Å². The summed E-state index contributed by atoms with van der Waals surface area (Å²) in [4.78, 5) is 23.6. The number of nitrogens with zero attached hydrogens (tertiary/aromatic N) is 5. The number of fused-ring (bicyclic) bond motifs is 1. The number of piperidine rings is 1. The van der Waals surface area contributed by atoms with E-state index in [2.05, 4.69) is 10.1 Å². The van der Waals surface area contributed by atoms with E-state index in [0.717, 1.165) is 0 Å². The van der Waals surface area contributed by atoms with E-state index in [0.29, 0.717) is 72.3 Å². The maximum Gasteiger partial charge on any atom is 0.309 e. The first-order valence-corrected chi connectivity index (χ1v) is 11.4. The average molecular weight is 479 g/mol. The number of nitrogens with two attached hydrogens (primary N) is 1. The second-order valence-electron chi connectivity index (χ2n) is 8.36. The zero-order valence-electron chi connectivity index (χ0n) is 19.1. The zero-order valence-corrected chi connectivity index (χ0v) is 19.1. The number of aromatic nitrogens is 4. The van der Waals surface area contributed by atoms with E-state index in [-0.39, 0.29) is 23.5 Å². The van der Waals surface area contributed by atoms with Gasteiger partial charge in [-0.25, -0.2) is 18.4 Å². The van der Waals surface area contributed by atoms with Crippen molar-refractivity contribution in [2.75, 3.05) is 30.3 Å². The molecule has 2 aromatic heterocycles. The summed E-state index contributed by atoms with van der Waals surface area (Å²) in [7, 11) is 0. The molecule has 35 heavy (non-hydrogen) atoms. The number of carbonyl (C=O) groups excluding carboxylic acids is 1. The lowest BCUT2D eigenvalue weighted by molar-refractivity contribution is -0.148. The smallest absolute Gasteiger partial charge is 0.309 e. The van der Waals surface area contributed by atoms with E-state index in [1.165, 1.54) is 28.9 Å². The van der Waals surface area contributed by atoms with Gasteiger partial charge >= 0.3 is 5.97 Å². The maximum absolute atomic E-state index is 13.6. The third-order valence-electron chi connectivity index (χ3n) is 6.14. The van der Waals surface area contributed by atoms with Crippen molar-refractivity contribution in [1.29, 1.82) is 0 Å². The van der Waals surface area contributed by atoms with Gasteiger partial charge in [0.25, 0.3) is 0 Å². The van der Waals surface area contributed by atoms with Crippen LogP contribution in [0.2, 0.25) is 0 Å². The van der Waals surface area contributed by atoms with E-state index in [1.807, 2.05) is 4.90 Å². The molecule has 8 nitrogen and oxygen atoms in total. The highest BCUT2D eigenvalue weighted by Gasteiger charge is 2.28. The van der Waals surface area contributed by atoms with Crippen LogP contribution in [0.3, 0.4) is 0 Å². The number of halogens is 2. The minimum Gasteiger partial charge on any atom is -0.466 e. The number of hydrogen-bond donors (Lipinski definition) is 1. The summed E-state index contributed by atoms with van der Waals surface area (Å²) in [6.45, 7) is 3.31. The maximum atomic E-state index is 13.6. The number of rotatable bonds is 5. The second-order valence-corrected chi connectivity index (χ2v) is 8.36. The van der Waals surface area contributed by atoms with Gasteiger partial charge in [-0.05, 0) is 68.3 Å². The largest absolute Gasteiger partial charge is 0.466 e. The van der Waals surface area contributed by atoms with Crippen molar-refractivity contribution in [2.45, 2.75) is 19.8 Å². The summed E-state index contributed by atoms with van der Waals surface area (Å²) in [5.41, 5.74) is 8.59. The van der Waals surface area contributed by atoms with Crippen LogP contribution in [0.25, 0.3) is 28.0 Å². The minimum atomic E-state index is -0.371. The SMILES string of the molecule is CCOC(=O)C1CCN(c2nc(-c3ccc(F)cc3)c3c(N)n(-c4ccc(F)cc4)nc3n2)CC1. The monoisotopic (exact) mass is 478 g/mol. The van der Waals surface area contributed by atoms with Crippen molar-refractivity contribution >= 4 is 28.8 Å². The molecule has 3 heterocycles. The molecule has 5 rings (SSSR count). The predicted molar refractivity (Wildman–Crippen MR) is 128 cm³/mol. The van der Waals surface area contributed by atoms with Crippen molar-refractivity contribution in [3.63, 3.8) is 0 Å². The van der Waals surface area contributed by atoms with Crippen LogP contribution >= 0.6 is 0 Å². The predicted octanol–water partition coefficient (Wildman–Crippen LogP) is 4.12. The Bertz CT molecular complexity index is 1360. The molecule has 0 unspecified atom stereocenters. The second kappa shape index (κ2) is 9.28. The molecule has 0 spiro atoms. The molecule has 0 atom stereocenters. The number of benzene rings is 2. The van der Waals surface area contributed by atoms with E-state index >= 15 is 0 Å². The molecular weight excluding hydrogens is 454 g/mol. The summed E-state index contributed by atoms with van der Waals surface area (Å²) in [5.74, 6) is -0.331. The Morgan fingerprint density at radius 3 is 2.29 bits per heavy atom. The van der Waals surface area contributed by atoms with Gasteiger partial charge in [-0.1, -0.05) is 0 Å². The topological polar surface area (TPSA) is 99.2 Å². The fourth-order valence-electron chi connectivity index (χ4n) is 4.31. The number of hydrogen-bond acceptors (Lipinski definition) is 7. The van der Waals surface area contributed by atoms with Crippen LogP contribution in [0.1, 0.15) is 19.8 Å². The molecule has 1 aliphatic rings. The quantitative estimate of drug-likeness (QED) is 0.431. The lowest BCUT2D eigenvalue weighted by atomic mass is 9.97. The first kappa shape index (κ1) is 22.7. The molecule has 10 heteroatoms. The van der Waals surface area contributed by atoms with Gasteiger partial charge in [-0.2, -0.15) is 4.98 Å². The van der Waals surface area contributed by atoms with E-state index in [1.54, 1.807) is 31.2 Å². The number of ether oxygens (including phenoxy) is 1. The highest BCUT2D eigenvalue weighted by Crippen LogP contribution is 2.34. The van der Waals surface area contributed by atoms with E-state index < -0.39 is 0 Å². The Kier molecular flexibility index (Phi) is 6.02. The molecule has 0 bridgehead atoms. The lowest BCUT2D eigenvalue weighted by Gasteiger charge is -2.31. The Morgan fingerprint density at radius 2 is 1.66 bits per heavy atom. The van der Waals surface area contributed by atoms with Crippen molar-refractivity contribution in [2.24, 2.45) is 5.92 Å². The van der Waals surface area contributed by atoms with Crippen molar-refractivity contribution in [3.8, 4) is 16.9 Å². The van der Waals surface area contributed by atoms with Crippen LogP contribution in [0.15, 0.2) is 48.5 Å². The fourth-order valence-corrected chi connectivity index (χ4v) is 4.31. The van der Waals surface area contributed by atoms with Crippen LogP contribution < -0.4 is 10.6 Å². The van der Waals surface area contributed by atoms with Crippen LogP contribution in [-0.2, 0) is 9.53 Å². The third-order valence-corrected chi connectivity index (χ3v) is 6.14. The van der Waals surface area contributed by atoms with Gasteiger partial charge in [0.15, 0.2) is 5.65 Å². The third kappa shape index (κ3) is 4.39. The first-order chi connectivity index (χ1) is 16.9. The Balaban J connectivity index is 1.58. The number of anilines is 2. The Hall–Kier alpha value is -4.08.